The van der Waals surface area contributed by atoms with E-state index in [9.17, 15) is 0 Å². The lowest BCUT2D eigenvalue weighted by atomic mass is 9.91. The summed E-state index contributed by atoms with van der Waals surface area (Å²) in [5, 5.41) is 3.42. The SMILES string of the molecule is CCOCCCC(C)C(NC)c1ccccc1. The first kappa shape index (κ1) is 14.2. The zero-order valence-corrected chi connectivity index (χ0v) is 11.3. The molecule has 96 valence electrons. The van der Waals surface area contributed by atoms with Gasteiger partial charge in [-0.2, -0.15) is 0 Å². The van der Waals surface area contributed by atoms with Gasteiger partial charge in [-0.25, -0.2) is 0 Å². The van der Waals surface area contributed by atoms with Crippen LogP contribution in [0.2, 0.25) is 0 Å². The van der Waals surface area contributed by atoms with E-state index < -0.39 is 0 Å². The molecule has 2 unspecified atom stereocenters. The molecular weight excluding hydrogens is 210 g/mol. The normalized spacial score (nSPS) is 14.5. The number of hydrogen-bond donors (Lipinski definition) is 1. The maximum absolute atomic E-state index is 5.38. The fraction of sp³-hybridized carbons (Fsp3) is 0.600. The molecule has 0 saturated heterocycles. The minimum atomic E-state index is 0.442. The van der Waals surface area contributed by atoms with Crippen molar-refractivity contribution in [1.82, 2.24) is 5.32 Å². The second-order valence-corrected chi connectivity index (χ2v) is 4.49. The Morgan fingerprint density at radius 3 is 2.53 bits per heavy atom. The van der Waals surface area contributed by atoms with Gasteiger partial charge in [0.15, 0.2) is 0 Å². The van der Waals surface area contributed by atoms with Gasteiger partial charge in [0.25, 0.3) is 0 Å². The highest BCUT2D eigenvalue weighted by atomic mass is 16.5. The largest absolute Gasteiger partial charge is 0.382 e. The van der Waals surface area contributed by atoms with Crippen molar-refractivity contribution in [3.63, 3.8) is 0 Å². The van der Waals surface area contributed by atoms with Crippen LogP contribution < -0.4 is 5.32 Å². The van der Waals surface area contributed by atoms with Crippen LogP contribution in [0.4, 0.5) is 0 Å². The summed E-state index contributed by atoms with van der Waals surface area (Å²) in [6.07, 6.45) is 2.33. The highest BCUT2D eigenvalue weighted by molar-refractivity contribution is 5.19. The Labute approximate surface area is 105 Å². The minimum Gasteiger partial charge on any atom is -0.382 e. The molecule has 0 radical (unpaired) electrons. The van der Waals surface area contributed by atoms with Crippen LogP contribution in [0.15, 0.2) is 30.3 Å². The van der Waals surface area contributed by atoms with Crippen molar-refractivity contribution >= 4 is 0 Å². The molecule has 2 atom stereocenters. The van der Waals surface area contributed by atoms with Crippen molar-refractivity contribution in [2.24, 2.45) is 5.92 Å². The molecule has 0 spiro atoms. The summed E-state index contributed by atoms with van der Waals surface area (Å²) >= 11 is 0. The Balaban J connectivity index is 2.44. The van der Waals surface area contributed by atoms with E-state index in [2.05, 4.69) is 42.6 Å². The van der Waals surface area contributed by atoms with Gasteiger partial charge < -0.3 is 10.1 Å². The van der Waals surface area contributed by atoms with E-state index in [-0.39, 0.29) is 0 Å². The van der Waals surface area contributed by atoms with Crippen molar-refractivity contribution in [1.29, 1.82) is 0 Å². The average molecular weight is 235 g/mol. The number of benzene rings is 1. The standard InChI is InChI=1S/C15H25NO/c1-4-17-12-8-9-13(2)15(16-3)14-10-6-5-7-11-14/h5-7,10-11,13,15-16H,4,8-9,12H2,1-3H3. The van der Waals surface area contributed by atoms with Gasteiger partial charge in [-0.05, 0) is 38.3 Å². The summed E-state index contributed by atoms with van der Waals surface area (Å²) in [7, 11) is 2.04. The molecule has 1 aromatic carbocycles. The number of hydrogen-bond acceptors (Lipinski definition) is 2. The Hall–Kier alpha value is -0.860. The summed E-state index contributed by atoms with van der Waals surface area (Å²) in [6, 6.07) is 11.1. The van der Waals surface area contributed by atoms with Crippen molar-refractivity contribution in [2.45, 2.75) is 32.7 Å². The average Bonchev–Trinajstić information content (AvgIpc) is 2.37. The third-order valence-corrected chi connectivity index (χ3v) is 3.19. The summed E-state index contributed by atoms with van der Waals surface area (Å²) in [4.78, 5) is 0. The predicted molar refractivity (Wildman–Crippen MR) is 73.1 cm³/mol. The van der Waals surface area contributed by atoms with Gasteiger partial charge in [0, 0.05) is 19.3 Å². The van der Waals surface area contributed by atoms with Crippen LogP contribution >= 0.6 is 0 Å². The van der Waals surface area contributed by atoms with Gasteiger partial charge in [-0.15, -0.1) is 0 Å². The molecular formula is C15H25NO. The Bertz CT molecular complexity index is 286. The van der Waals surface area contributed by atoms with Crippen LogP contribution in [0.25, 0.3) is 0 Å². The van der Waals surface area contributed by atoms with Gasteiger partial charge in [0.2, 0.25) is 0 Å². The van der Waals surface area contributed by atoms with E-state index in [0.29, 0.717) is 12.0 Å². The molecule has 0 aliphatic rings. The first-order valence-corrected chi connectivity index (χ1v) is 6.59. The molecule has 1 aromatic rings. The van der Waals surface area contributed by atoms with Gasteiger partial charge in [-0.1, -0.05) is 37.3 Å². The summed E-state index contributed by atoms with van der Waals surface area (Å²) < 4.78 is 5.38. The molecule has 0 saturated carbocycles. The lowest BCUT2D eigenvalue weighted by Crippen LogP contribution is -2.23. The fourth-order valence-electron chi connectivity index (χ4n) is 2.26. The van der Waals surface area contributed by atoms with Crippen LogP contribution in [0.5, 0.6) is 0 Å². The Kier molecular flexibility index (Phi) is 6.90. The topological polar surface area (TPSA) is 21.3 Å². The maximum atomic E-state index is 5.38. The fourth-order valence-corrected chi connectivity index (χ4v) is 2.26. The molecule has 0 heterocycles. The summed E-state index contributed by atoms with van der Waals surface area (Å²) in [5.41, 5.74) is 1.37. The van der Waals surface area contributed by atoms with Crippen molar-refractivity contribution in [2.75, 3.05) is 20.3 Å². The van der Waals surface area contributed by atoms with E-state index in [4.69, 9.17) is 4.74 Å². The number of rotatable bonds is 8. The molecule has 0 amide bonds. The number of ether oxygens (including phenoxy) is 1. The first-order valence-electron chi connectivity index (χ1n) is 6.59. The molecule has 2 nitrogen and oxygen atoms in total. The minimum absolute atomic E-state index is 0.442. The second kappa shape index (κ2) is 8.26. The second-order valence-electron chi connectivity index (χ2n) is 4.49. The van der Waals surface area contributed by atoms with Crippen molar-refractivity contribution < 1.29 is 4.74 Å². The van der Waals surface area contributed by atoms with Crippen molar-refractivity contribution in [3.8, 4) is 0 Å². The van der Waals surface area contributed by atoms with Gasteiger partial charge in [0.1, 0.15) is 0 Å². The van der Waals surface area contributed by atoms with E-state index in [1.165, 1.54) is 12.0 Å². The van der Waals surface area contributed by atoms with Crippen molar-refractivity contribution in [3.05, 3.63) is 35.9 Å². The van der Waals surface area contributed by atoms with Gasteiger partial charge in [-0.3, -0.25) is 0 Å². The van der Waals surface area contributed by atoms with Crippen LogP contribution in [-0.2, 0) is 4.74 Å². The molecule has 0 aliphatic heterocycles. The molecule has 17 heavy (non-hydrogen) atoms. The third kappa shape index (κ3) is 4.88. The van der Waals surface area contributed by atoms with Gasteiger partial charge in [0.05, 0.1) is 0 Å². The van der Waals surface area contributed by atoms with E-state index >= 15 is 0 Å². The van der Waals surface area contributed by atoms with Crippen LogP contribution in [-0.4, -0.2) is 20.3 Å². The molecule has 0 aliphatic carbocycles. The zero-order chi connectivity index (χ0) is 12.5. The molecule has 1 rings (SSSR count). The molecule has 0 aromatic heterocycles. The highest BCUT2D eigenvalue weighted by Crippen LogP contribution is 2.24. The molecule has 1 N–H and O–H groups in total. The van der Waals surface area contributed by atoms with E-state index in [1.807, 2.05) is 14.0 Å². The Morgan fingerprint density at radius 1 is 1.24 bits per heavy atom. The highest BCUT2D eigenvalue weighted by Gasteiger charge is 2.16. The smallest absolute Gasteiger partial charge is 0.0466 e. The van der Waals surface area contributed by atoms with Crippen LogP contribution in [0.1, 0.15) is 38.3 Å². The lowest BCUT2D eigenvalue weighted by Gasteiger charge is -2.24. The monoisotopic (exact) mass is 235 g/mol. The van der Waals surface area contributed by atoms with E-state index in [0.717, 1.165) is 19.6 Å². The third-order valence-electron chi connectivity index (χ3n) is 3.19. The first-order chi connectivity index (χ1) is 8.29. The molecule has 0 fully saturated rings. The zero-order valence-electron chi connectivity index (χ0n) is 11.3. The van der Waals surface area contributed by atoms with Crippen LogP contribution in [0, 0.1) is 5.92 Å². The van der Waals surface area contributed by atoms with Crippen LogP contribution in [0.3, 0.4) is 0 Å². The molecule has 2 heteroatoms. The van der Waals surface area contributed by atoms with Gasteiger partial charge >= 0.3 is 0 Å². The number of nitrogens with one attached hydrogen (secondary N) is 1. The summed E-state index contributed by atoms with van der Waals surface area (Å²) in [5.74, 6) is 0.628. The lowest BCUT2D eigenvalue weighted by molar-refractivity contribution is 0.138. The summed E-state index contributed by atoms with van der Waals surface area (Å²) in [6.45, 7) is 6.05. The quantitative estimate of drug-likeness (QED) is 0.697. The maximum Gasteiger partial charge on any atom is 0.0466 e. The Morgan fingerprint density at radius 2 is 1.94 bits per heavy atom. The van der Waals surface area contributed by atoms with E-state index in [1.54, 1.807) is 0 Å². The molecule has 0 bridgehead atoms. The predicted octanol–water partition coefficient (Wildman–Crippen LogP) is 3.40.